The maximum Gasteiger partial charge on any atom is 0.302 e. The van der Waals surface area contributed by atoms with Gasteiger partial charge in [-0.3, -0.25) is 4.31 Å². The minimum absolute atomic E-state index is 0.0727. The predicted octanol–water partition coefficient (Wildman–Crippen LogP) is 1.34. The van der Waals surface area contributed by atoms with Crippen LogP contribution in [0.15, 0.2) is 42.5 Å². The maximum absolute atomic E-state index is 12.9. The lowest BCUT2D eigenvalue weighted by Gasteiger charge is -2.17. The summed E-state index contributed by atoms with van der Waals surface area (Å²) in [6.07, 6.45) is 0.980. The average molecular weight is 350 g/mol. The second kappa shape index (κ2) is 6.21. The summed E-state index contributed by atoms with van der Waals surface area (Å²) in [6.45, 7) is -0.0727. The molecule has 0 amide bonds. The van der Waals surface area contributed by atoms with Gasteiger partial charge in [0.2, 0.25) is 0 Å². The number of aromatic hydroxyl groups is 1. The zero-order valence-corrected chi connectivity index (χ0v) is 13.3. The molecule has 2 aromatic rings. The van der Waals surface area contributed by atoms with E-state index in [0.717, 1.165) is 15.4 Å². The Kier molecular flexibility index (Phi) is 4.25. The third kappa shape index (κ3) is 3.24. The number of benzene rings is 2. The summed E-state index contributed by atoms with van der Waals surface area (Å²) >= 11 is 0. The highest BCUT2D eigenvalue weighted by Crippen LogP contribution is 2.32. The Morgan fingerprint density at radius 2 is 1.88 bits per heavy atom. The van der Waals surface area contributed by atoms with Crippen molar-refractivity contribution in [3.05, 3.63) is 59.4 Å². The van der Waals surface area contributed by atoms with E-state index in [1.165, 1.54) is 24.3 Å². The van der Waals surface area contributed by atoms with E-state index in [4.69, 9.17) is 0 Å². The third-order valence-electron chi connectivity index (χ3n) is 3.75. The van der Waals surface area contributed by atoms with Crippen molar-refractivity contribution in [1.29, 1.82) is 0 Å². The van der Waals surface area contributed by atoms with Crippen LogP contribution in [0.2, 0.25) is 0 Å². The van der Waals surface area contributed by atoms with Crippen LogP contribution in [0.25, 0.3) is 0 Å². The number of hydrogen-bond donors (Lipinski definition) is 2. The Morgan fingerprint density at radius 3 is 2.46 bits per heavy atom. The summed E-state index contributed by atoms with van der Waals surface area (Å²) in [4.78, 5) is 10.8. The van der Waals surface area contributed by atoms with Gasteiger partial charge >= 0.3 is 10.2 Å². The maximum atomic E-state index is 12.9. The topological polar surface area (TPSA) is 86.7 Å². The molecule has 3 rings (SSSR count). The van der Waals surface area contributed by atoms with E-state index in [1.54, 1.807) is 18.2 Å². The number of aldehydes is 1. The molecule has 1 aliphatic rings. The monoisotopic (exact) mass is 350 g/mol. The number of carbonyl (C=O) groups excluding carboxylic acids is 1. The second-order valence-electron chi connectivity index (χ2n) is 5.52. The molecular formula is C16H15FN2O4S. The van der Waals surface area contributed by atoms with E-state index in [9.17, 15) is 22.7 Å². The van der Waals surface area contributed by atoms with Crippen LogP contribution < -0.4 is 9.03 Å². The summed E-state index contributed by atoms with van der Waals surface area (Å²) in [5, 5.41) is 10.2. The lowest BCUT2D eigenvalue weighted by molar-refractivity contribution is -0.108. The van der Waals surface area contributed by atoms with Crippen LogP contribution in [-0.2, 0) is 21.4 Å². The standard InChI is InChI=1S/C16H15FN2O4S/c17-13-4-1-11(2-5-13)7-12-3-6-15(16(21)8-12)19-9-14(10-20)18-24(19,22)23/h1-6,8,10,14,18,21H,7,9H2. The summed E-state index contributed by atoms with van der Waals surface area (Å²) in [7, 11) is -3.85. The van der Waals surface area contributed by atoms with Crippen LogP contribution >= 0.6 is 0 Å². The number of nitrogens with one attached hydrogen (secondary N) is 1. The van der Waals surface area contributed by atoms with Gasteiger partial charge in [0.15, 0.2) is 0 Å². The van der Waals surface area contributed by atoms with Crippen molar-refractivity contribution >= 4 is 22.2 Å². The average Bonchev–Trinajstić information content (AvgIpc) is 2.85. The number of hydrogen-bond acceptors (Lipinski definition) is 4. The molecule has 1 aliphatic heterocycles. The van der Waals surface area contributed by atoms with Crippen LogP contribution in [0, 0.1) is 5.82 Å². The van der Waals surface area contributed by atoms with Crippen molar-refractivity contribution in [2.45, 2.75) is 12.5 Å². The Morgan fingerprint density at radius 1 is 1.21 bits per heavy atom. The molecule has 2 aromatic carbocycles. The smallest absolute Gasteiger partial charge is 0.302 e. The van der Waals surface area contributed by atoms with E-state index in [-0.39, 0.29) is 23.8 Å². The molecule has 1 atom stereocenters. The van der Waals surface area contributed by atoms with Gasteiger partial charge in [-0.1, -0.05) is 18.2 Å². The van der Waals surface area contributed by atoms with Crippen molar-refractivity contribution in [2.24, 2.45) is 0 Å². The Hall–Kier alpha value is -2.45. The molecule has 0 radical (unpaired) electrons. The van der Waals surface area contributed by atoms with Crippen molar-refractivity contribution in [3.8, 4) is 5.75 Å². The van der Waals surface area contributed by atoms with Crippen LogP contribution in [0.5, 0.6) is 5.75 Å². The van der Waals surface area contributed by atoms with Crippen molar-refractivity contribution in [1.82, 2.24) is 4.72 Å². The van der Waals surface area contributed by atoms with Crippen molar-refractivity contribution in [3.63, 3.8) is 0 Å². The van der Waals surface area contributed by atoms with Gasteiger partial charge in [-0.15, -0.1) is 0 Å². The van der Waals surface area contributed by atoms with Crippen LogP contribution in [0.4, 0.5) is 10.1 Å². The molecule has 1 saturated heterocycles. The predicted molar refractivity (Wildman–Crippen MR) is 86.6 cm³/mol. The summed E-state index contributed by atoms with van der Waals surface area (Å²) in [5.41, 5.74) is 1.72. The Labute approximate surface area is 138 Å². The van der Waals surface area contributed by atoms with Gasteiger partial charge in [0.05, 0.1) is 18.3 Å². The first-order chi connectivity index (χ1) is 11.4. The fraction of sp³-hybridized carbons (Fsp3) is 0.188. The molecule has 2 N–H and O–H groups in total. The second-order valence-corrected chi connectivity index (χ2v) is 7.15. The molecule has 1 unspecified atom stereocenters. The van der Waals surface area contributed by atoms with E-state index < -0.39 is 16.3 Å². The van der Waals surface area contributed by atoms with Gasteiger partial charge in [-0.05, 0) is 41.8 Å². The molecule has 8 heteroatoms. The first-order valence-electron chi connectivity index (χ1n) is 7.20. The molecular weight excluding hydrogens is 335 g/mol. The Bertz CT molecular complexity index is 868. The van der Waals surface area contributed by atoms with E-state index in [0.29, 0.717) is 12.7 Å². The van der Waals surface area contributed by atoms with Gasteiger partial charge < -0.3 is 9.90 Å². The molecule has 0 spiro atoms. The van der Waals surface area contributed by atoms with Crippen molar-refractivity contribution < 1.29 is 22.7 Å². The zero-order valence-electron chi connectivity index (χ0n) is 12.5. The largest absolute Gasteiger partial charge is 0.506 e. The van der Waals surface area contributed by atoms with E-state index >= 15 is 0 Å². The number of carbonyl (C=O) groups is 1. The fourth-order valence-corrected chi connectivity index (χ4v) is 4.01. The van der Waals surface area contributed by atoms with Crippen molar-refractivity contribution in [2.75, 3.05) is 10.8 Å². The summed E-state index contributed by atoms with van der Waals surface area (Å²) in [6, 6.07) is 9.78. The molecule has 24 heavy (non-hydrogen) atoms. The number of nitrogens with zero attached hydrogens (tertiary/aromatic N) is 1. The van der Waals surface area contributed by atoms with E-state index in [2.05, 4.69) is 4.72 Å². The van der Waals surface area contributed by atoms with Gasteiger partial charge in [-0.25, -0.2) is 4.39 Å². The van der Waals surface area contributed by atoms with Gasteiger partial charge in [0.25, 0.3) is 0 Å². The zero-order chi connectivity index (χ0) is 17.3. The highest BCUT2D eigenvalue weighted by atomic mass is 32.2. The van der Waals surface area contributed by atoms with Gasteiger partial charge in [0, 0.05) is 0 Å². The molecule has 126 valence electrons. The molecule has 0 saturated carbocycles. The lowest BCUT2D eigenvalue weighted by Crippen LogP contribution is -2.30. The summed E-state index contributed by atoms with van der Waals surface area (Å²) in [5.74, 6) is -0.528. The number of phenolic OH excluding ortho intramolecular Hbond substituents is 1. The highest BCUT2D eigenvalue weighted by Gasteiger charge is 2.36. The molecule has 6 nitrogen and oxygen atoms in total. The molecule has 0 aromatic heterocycles. The van der Waals surface area contributed by atoms with Crippen LogP contribution in [0.1, 0.15) is 11.1 Å². The SMILES string of the molecule is O=CC1CN(c2ccc(Cc3ccc(F)cc3)cc2O)S(=O)(=O)N1. The van der Waals surface area contributed by atoms with Crippen LogP contribution in [0.3, 0.4) is 0 Å². The van der Waals surface area contributed by atoms with Crippen LogP contribution in [-0.4, -0.2) is 32.4 Å². The minimum atomic E-state index is -3.85. The molecule has 1 heterocycles. The number of anilines is 1. The quantitative estimate of drug-likeness (QED) is 0.815. The first kappa shape index (κ1) is 16.4. The van der Waals surface area contributed by atoms with Gasteiger partial charge in [0.1, 0.15) is 17.9 Å². The fourth-order valence-electron chi connectivity index (χ4n) is 2.60. The van der Waals surface area contributed by atoms with E-state index in [1.807, 2.05) is 0 Å². The molecule has 0 aliphatic carbocycles. The third-order valence-corrected chi connectivity index (χ3v) is 5.27. The lowest BCUT2D eigenvalue weighted by atomic mass is 10.0. The molecule has 1 fully saturated rings. The minimum Gasteiger partial charge on any atom is -0.506 e. The number of rotatable bonds is 4. The Balaban J connectivity index is 1.85. The molecule has 0 bridgehead atoms. The number of halogens is 1. The van der Waals surface area contributed by atoms with Gasteiger partial charge in [-0.2, -0.15) is 13.1 Å². The number of phenols is 1. The first-order valence-corrected chi connectivity index (χ1v) is 8.64. The highest BCUT2D eigenvalue weighted by molar-refractivity contribution is 7.91. The summed E-state index contributed by atoms with van der Waals surface area (Å²) < 4.78 is 40.1. The normalized spacial score (nSPS) is 19.4.